The average molecular weight is 479 g/mol. The molecule has 0 aromatic heterocycles. The van der Waals surface area contributed by atoms with Crippen LogP contribution in [0.4, 0.5) is 0 Å². The number of methoxy groups -OCH3 is 1. The van der Waals surface area contributed by atoms with Gasteiger partial charge in [-0.1, -0.05) is 47.6 Å². The van der Waals surface area contributed by atoms with Crippen LogP contribution in [0.15, 0.2) is 53.5 Å². The molecule has 6 nitrogen and oxygen atoms in total. The van der Waals surface area contributed by atoms with Crippen molar-refractivity contribution in [2.75, 3.05) is 25.2 Å². The molecule has 0 unspecified atom stereocenters. The largest absolute Gasteiger partial charge is 0.497 e. The summed E-state index contributed by atoms with van der Waals surface area (Å²) < 4.78 is 29.5. The second kappa shape index (κ2) is 9.22. The van der Waals surface area contributed by atoms with E-state index in [1.165, 1.54) is 11.8 Å². The van der Waals surface area contributed by atoms with Gasteiger partial charge < -0.3 is 9.64 Å². The van der Waals surface area contributed by atoms with Gasteiger partial charge in [-0.25, -0.2) is 8.42 Å². The number of thioether (sulfide) groups is 1. The lowest BCUT2D eigenvalue weighted by Crippen LogP contribution is -2.39. The lowest BCUT2D eigenvalue weighted by Gasteiger charge is -2.24. The van der Waals surface area contributed by atoms with Crippen molar-refractivity contribution < 1.29 is 17.9 Å². The van der Waals surface area contributed by atoms with E-state index in [2.05, 4.69) is 4.99 Å². The number of amides is 1. The summed E-state index contributed by atoms with van der Waals surface area (Å²) in [6.45, 7) is 0.600. The van der Waals surface area contributed by atoms with Gasteiger partial charge in [-0.05, 0) is 41.8 Å². The predicted octanol–water partition coefficient (Wildman–Crippen LogP) is 3.23. The van der Waals surface area contributed by atoms with Crippen molar-refractivity contribution >= 4 is 44.3 Å². The van der Waals surface area contributed by atoms with Gasteiger partial charge in [-0.15, -0.1) is 0 Å². The highest BCUT2D eigenvalue weighted by Gasteiger charge is 2.48. The maximum atomic E-state index is 12.6. The van der Waals surface area contributed by atoms with Gasteiger partial charge in [-0.2, -0.15) is 4.99 Å². The van der Waals surface area contributed by atoms with Crippen molar-refractivity contribution in [3.05, 3.63) is 64.7 Å². The van der Waals surface area contributed by atoms with Crippen LogP contribution in [0.2, 0.25) is 5.02 Å². The maximum absolute atomic E-state index is 12.6. The van der Waals surface area contributed by atoms with Crippen molar-refractivity contribution in [3.8, 4) is 5.75 Å². The van der Waals surface area contributed by atoms with E-state index in [1.807, 2.05) is 41.3 Å². The Kier molecular flexibility index (Phi) is 6.60. The van der Waals surface area contributed by atoms with Gasteiger partial charge in [0.1, 0.15) is 5.75 Å². The van der Waals surface area contributed by atoms with Crippen LogP contribution in [-0.2, 0) is 27.5 Å². The molecule has 0 spiro atoms. The van der Waals surface area contributed by atoms with Crippen LogP contribution in [0.1, 0.15) is 11.1 Å². The molecule has 0 bridgehead atoms. The van der Waals surface area contributed by atoms with Gasteiger partial charge >= 0.3 is 0 Å². The number of amidine groups is 1. The number of halogens is 1. The highest BCUT2D eigenvalue weighted by atomic mass is 35.5. The van der Waals surface area contributed by atoms with E-state index in [4.69, 9.17) is 16.3 Å². The Morgan fingerprint density at radius 3 is 2.48 bits per heavy atom. The Hall–Kier alpha value is -2.03. The van der Waals surface area contributed by atoms with Gasteiger partial charge in [-0.3, -0.25) is 4.79 Å². The van der Waals surface area contributed by atoms with Crippen LogP contribution in [-0.4, -0.2) is 60.8 Å². The zero-order chi connectivity index (χ0) is 22.0. The molecule has 0 aliphatic carbocycles. The van der Waals surface area contributed by atoms with Crippen molar-refractivity contribution in [3.63, 3.8) is 0 Å². The minimum atomic E-state index is -3.07. The fourth-order valence-corrected chi connectivity index (χ4v) is 7.98. The van der Waals surface area contributed by atoms with Crippen LogP contribution in [0.3, 0.4) is 0 Å². The smallest absolute Gasteiger partial charge is 0.252 e. The molecule has 164 valence electrons. The standard InChI is InChI=1S/C22H23ClN2O4S2/c1-29-18-8-4-15(5-9-18)10-11-25-19-13-31(27,28)14-20(19)30-22(25)24-21(26)12-16-2-6-17(23)7-3-16/h2-9,19-20H,10-14H2,1H3/t19-,20+/m1/s1. The molecule has 31 heavy (non-hydrogen) atoms. The molecular formula is C22H23ClN2O4S2. The molecule has 2 heterocycles. The third-order valence-electron chi connectivity index (χ3n) is 5.46. The minimum absolute atomic E-state index is 0.0806. The molecule has 2 aromatic rings. The topological polar surface area (TPSA) is 76.0 Å². The van der Waals surface area contributed by atoms with Crippen LogP contribution >= 0.6 is 23.4 Å². The molecule has 2 fully saturated rings. The molecular weight excluding hydrogens is 456 g/mol. The number of aliphatic imine (C=N–C) groups is 1. The number of ether oxygens (including phenoxy) is 1. The lowest BCUT2D eigenvalue weighted by molar-refractivity contribution is -0.117. The van der Waals surface area contributed by atoms with E-state index in [0.29, 0.717) is 16.7 Å². The second-order valence-electron chi connectivity index (χ2n) is 7.68. The number of nitrogens with zero attached hydrogens (tertiary/aromatic N) is 2. The maximum Gasteiger partial charge on any atom is 0.252 e. The van der Waals surface area contributed by atoms with E-state index < -0.39 is 9.84 Å². The van der Waals surface area contributed by atoms with Crippen molar-refractivity contribution in [2.45, 2.75) is 24.1 Å². The van der Waals surface area contributed by atoms with Gasteiger partial charge in [0.25, 0.3) is 5.91 Å². The van der Waals surface area contributed by atoms with Gasteiger partial charge in [0.15, 0.2) is 15.0 Å². The van der Waals surface area contributed by atoms with Gasteiger partial charge in [0.2, 0.25) is 0 Å². The first-order valence-corrected chi connectivity index (χ1v) is 13.0. The third-order valence-corrected chi connectivity index (χ3v) is 8.96. The molecule has 2 aromatic carbocycles. The molecule has 0 saturated carbocycles. The second-order valence-corrected chi connectivity index (χ2v) is 11.5. The minimum Gasteiger partial charge on any atom is -0.497 e. The first-order valence-electron chi connectivity index (χ1n) is 9.95. The first kappa shape index (κ1) is 22.2. The summed E-state index contributed by atoms with van der Waals surface area (Å²) in [5.41, 5.74) is 1.95. The van der Waals surface area contributed by atoms with Crippen molar-refractivity contribution in [2.24, 2.45) is 4.99 Å². The molecule has 0 N–H and O–H groups in total. The summed E-state index contributed by atoms with van der Waals surface area (Å²) >= 11 is 7.32. The number of sulfone groups is 1. The van der Waals surface area contributed by atoms with E-state index in [0.717, 1.165) is 23.3 Å². The highest BCUT2D eigenvalue weighted by Crippen LogP contribution is 2.38. The molecule has 4 rings (SSSR count). The number of fused-ring (bicyclic) bond motifs is 1. The summed E-state index contributed by atoms with van der Waals surface area (Å²) in [6.07, 6.45) is 0.902. The van der Waals surface area contributed by atoms with Crippen LogP contribution < -0.4 is 4.74 Å². The fraction of sp³-hybridized carbons (Fsp3) is 0.364. The normalized spacial score (nSPS) is 23.2. The van der Waals surface area contributed by atoms with E-state index >= 15 is 0 Å². The predicted molar refractivity (Wildman–Crippen MR) is 125 cm³/mol. The van der Waals surface area contributed by atoms with Crippen molar-refractivity contribution in [1.29, 1.82) is 0 Å². The number of carbonyl (C=O) groups excluding carboxylic acids is 1. The SMILES string of the molecule is COc1ccc(CCN2C(=NC(=O)Cc3ccc(Cl)cc3)S[C@H]3CS(=O)(=O)C[C@H]32)cc1. The lowest BCUT2D eigenvalue weighted by atomic mass is 10.1. The number of benzene rings is 2. The molecule has 2 saturated heterocycles. The Labute approximate surface area is 191 Å². The quantitative estimate of drug-likeness (QED) is 0.634. The number of hydrogen-bond donors (Lipinski definition) is 0. The summed E-state index contributed by atoms with van der Waals surface area (Å²) in [6, 6.07) is 14.8. The Balaban J connectivity index is 1.49. The number of rotatable bonds is 6. The Morgan fingerprint density at radius 1 is 1.13 bits per heavy atom. The Bertz CT molecular complexity index is 1090. The van der Waals surface area contributed by atoms with Gasteiger partial charge in [0, 0.05) is 16.8 Å². The monoisotopic (exact) mass is 478 g/mol. The average Bonchev–Trinajstić information content (AvgIpc) is 3.19. The zero-order valence-corrected chi connectivity index (χ0v) is 19.4. The van der Waals surface area contributed by atoms with Gasteiger partial charge in [0.05, 0.1) is 31.1 Å². The molecule has 2 aliphatic heterocycles. The molecule has 9 heteroatoms. The summed E-state index contributed by atoms with van der Waals surface area (Å²) in [5.74, 6) is 0.781. The summed E-state index contributed by atoms with van der Waals surface area (Å²) in [7, 11) is -1.44. The van der Waals surface area contributed by atoms with E-state index in [1.54, 1.807) is 19.2 Å². The van der Waals surface area contributed by atoms with Crippen LogP contribution in [0.5, 0.6) is 5.75 Å². The third kappa shape index (κ3) is 5.42. The molecule has 2 atom stereocenters. The van der Waals surface area contributed by atoms with Crippen molar-refractivity contribution in [1.82, 2.24) is 4.90 Å². The zero-order valence-electron chi connectivity index (χ0n) is 17.0. The van der Waals surface area contributed by atoms with E-state index in [-0.39, 0.29) is 35.1 Å². The number of carbonyl (C=O) groups is 1. The highest BCUT2D eigenvalue weighted by molar-refractivity contribution is 8.15. The summed E-state index contributed by atoms with van der Waals surface area (Å²) in [4.78, 5) is 19.0. The van der Waals surface area contributed by atoms with Crippen LogP contribution in [0.25, 0.3) is 0 Å². The van der Waals surface area contributed by atoms with E-state index in [9.17, 15) is 13.2 Å². The van der Waals surface area contributed by atoms with Crippen LogP contribution in [0, 0.1) is 0 Å². The molecule has 1 amide bonds. The fourth-order valence-electron chi connectivity index (χ4n) is 3.86. The Morgan fingerprint density at radius 2 is 1.81 bits per heavy atom. The first-order chi connectivity index (χ1) is 14.8. The molecule has 2 aliphatic rings. The number of hydrogen-bond acceptors (Lipinski definition) is 5. The summed E-state index contributed by atoms with van der Waals surface area (Å²) in [5, 5.41) is 1.16. The molecule has 0 radical (unpaired) electrons.